The van der Waals surface area contributed by atoms with Gasteiger partial charge in [0.1, 0.15) is 0 Å². The normalized spacial score (nSPS) is 18.6. The van der Waals surface area contributed by atoms with Crippen molar-refractivity contribution in [1.29, 1.82) is 0 Å². The van der Waals surface area contributed by atoms with Crippen molar-refractivity contribution in [3.05, 3.63) is 12.8 Å². The Labute approximate surface area is 58.5 Å². The van der Waals surface area contributed by atoms with Crippen LogP contribution in [0.3, 0.4) is 0 Å². The van der Waals surface area contributed by atoms with Gasteiger partial charge in [-0.25, -0.2) is 9.69 Å². The van der Waals surface area contributed by atoms with Crippen molar-refractivity contribution in [3.63, 3.8) is 0 Å². The molecule has 10 heavy (non-hydrogen) atoms. The molecule has 0 bridgehead atoms. The molecule has 4 nitrogen and oxygen atoms in total. The van der Waals surface area contributed by atoms with E-state index in [0.29, 0.717) is 13.0 Å². The maximum Gasteiger partial charge on any atom is 0.328 e. The number of urea groups is 1. The van der Waals surface area contributed by atoms with E-state index in [1.807, 2.05) is 0 Å². The van der Waals surface area contributed by atoms with E-state index >= 15 is 0 Å². The average Bonchev–Trinajstić information content (AvgIpc) is 1.88. The van der Waals surface area contributed by atoms with E-state index in [9.17, 15) is 9.59 Å². The van der Waals surface area contributed by atoms with E-state index in [0.717, 1.165) is 4.90 Å². The predicted molar refractivity (Wildman–Crippen MR) is 35.1 cm³/mol. The number of nitrogens with one attached hydrogen (secondary N) is 1. The number of rotatable bonds is 1. The van der Waals surface area contributed by atoms with Crippen LogP contribution in [0.5, 0.6) is 0 Å². The topological polar surface area (TPSA) is 49.4 Å². The monoisotopic (exact) mass is 140 g/mol. The van der Waals surface area contributed by atoms with Gasteiger partial charge in [-0.15, -0.1) is 0 Å². The first-order valence-electron chi connectivity index (χ1n) is 2.98. The zero-order valence-electron chi connectivity index (χ0n) is 5.46. The first kappa shape index (κ1) is 6.80. The summed E-state index contributed by atoms with van der Waals surface area (Å²) < 4.78 is 0. The minimum Gasteiger partial charge on any atom is -0.337 e. The van der Waals surface area contributed by atoms with Crippen LogP contribution in [0.2, 0.25) is 0 Å². The van der Waals surface area contributed by atoms with E-state index in [1.54, 1.807) is 0 Å². The fourth-order valence-corrected chi connectivity index (χ4v) is 0.780. The molecule has 1 heterocycles. The molecule has 0 aromatic rings. The Kier molecular flexibility index (Phi) is 1.71. The molecule has 0 atom stereocenters. The van der Waals surface area contributed by atoms with Crippen molar-refractivity contribution < 1.29 is 9.59 Å². The largest absolute Gasteiger partial charge is 0.337 e. The van der Waals surface area contributed by atoms with Crippen LogP contribution < -0.4 is 5.32 Å². The maximum atomic E-state index is 10.8. The van der Waals surface area contributed by atoms with Crippen molar-refractivity contribution in [2.75, 3.05) is 6.54 Å². The Morgan fingerprint density at radius 2 is 2.30 bits per heavy atom. The molecule has 0 unspecified atom stereocenters. The number of nitrogens with zero attached hydrogens (tertiary/aromatic N) is 1. The number of carbonyl (C=O) groups excluding carboxylic acids is 2. The van der Waals surface area contributed by atoms with E-state index in [1.165, 1.54) is 6.20 Å². The smallest absolute Gasteiger partial charge is 0.328 e. The van der Waals surface area contributed by atoms with Crippen LogP contribution in [0.15, 0.2) is 12.8 Å². The second-order valence-electron chi connectivity index (χ2n) is 1.93. The SMILES string of the molecule is C=CN1C(=O)CCNC1=O. The molecule has 0 radical (unpaired) electrons. The molecule has 1 rings (SSSR count). The summed E-state index contributed by atoms with van der Waals surface area (Å²) in [5.74, 6) is -0.196. The maximum absolute atomic E-state index is 10.8. The van der Waals surface area contributed by atoms with Gasteiger partial charge < -0.3 is 5.32 Å². The molecule has 3 amide bonds. The first-order chi connectivity index (χ1) is 4.75. The third-order valence-electron chi connectivity index (χ3n) is 1.29. The third kappa shape index (κ3) is 1.00. The highest BCUT2D eigenvalue weighted by Crippen LogP contribution is 2.00. The fourth-order valence-electron chi connectivity index (χ4n) is 0.780. The van der Waals surface area contributed by atoms with Gasteiger partial charge in [-0.1, -0.05) is 6.58 Å². The number of carbonyl (C=O) groups is 2. The molecule has 4 heteroatoms. The molecule has 0 aromatic carbocycles. The van der Waals surface area contributed by atoms with Gasteiger partial charge in [-0.3, -0.25) is 4.79 Å². The Balaban J connectivity index is 2.71. The van der Waals surface area contributed by atoms with Gasteiger partial charge in [0.05, 0.1) is 0 Å². The van der Waals surface area contributed by atoms with Gasteiger partial charge in [0.15, 0.2) is 0 Å². The molecule has 0 aliphatic carbocycles. The lowest BCUT2D eigenvalue weighted by molar-refractivity contribution is -0.127. The second-order valence-corrected chi connectivity index (χ2v) is 1.93. The van der Waals surface area contributed by atoms with E-state index in [4.69, 9.17) is 0 Å². The van der Waals surface area contributed by atoms with Crippen LogP contribution in [-0.4, -0.2) is 23.4 Å². The zero-order chi connectivity index (χ0) is 7.56. The van der Waals surface area contributed by atoms with Crippen molar-refractivity contribution >= 4 is 11.9 Å². The number of imide groups is 1. The van der Waals surface area contributed by atoms with Gasteiger partial charge in [0.2, 0.25) is 5.91 Å². The average molecular weight is 140 g/mol. The van der Waals surface area contributed by atoms with Crippen LogP contribution in [0.1, 0.15) is 6.42 Å². The molecule has 0 aromatic heterocycles. The van der Waals surface area contributed by atoms with Gasteiger partial charge in [-0.2, -0.15) is 0 Å². The minimum absolute atomic E-state index is 0.196. The first-order valence-corrected chi connectivity index (χ1v) is 2.98. The Hall–Kier alpha value is -1.32. The molecule has 1 fully saturated rings. The van der Waals surface area contributed by atoms with E-state index in [2.05, 4.69) is 11.9 Å². The molecule has 54 valence electrons. The molecule has 0 saturated carbocycles. The zero-order valence-corrected chi connectivity index (χ0v) is 5.46. The van der Waals surface area contributed by atoms with Crippen LogP contribution in [0.4, 0.5) is 4.79 Å². The molecule has 1 saturated heterocycles. The minimum atomic E-state index is -0.383. The van der Waals surface area contributed by atoms with Crippen LogP contribution in [0.25, 0.3) is 0 Å². The molecule has 1 aliphatic rings. The highest BCUT2D eigenvalue weighted by molar-refractivity contribution is 5.97. The van der Waals surface area contributed by atoms with Crippen molar-refractivity contribution in [1.82, 2.24) is 10.2 Å². The van der Waals surface area contributed by atoms with Gasteiger partial charge in [0.25, 0.3) is 0 Å². The van der Waals surface area contributed by atoms with Crippen molar-refractivity contribution in [3.8, 4) is 0 Å². The highest BCUT2D eigenvalue weighted by Gasteiger charge is 2.22. The summed E-state index contributed by atoms with van der Waals surface area (Å²) in [6, 6.07) is -0.383. The van der Waals surface area contributed by atoms with Gasteiger partial charge in [0, 0.05) is 19.2 Å². The van der Waals surface area contributed by atoms with Crippen molar-refractivity contribution in [2.45, 2.75) is 6.42 Å². The summed E-state index contributed by atoms with van der Waals surface area (Å²) in [7, 11) is 0. The summed E-state index contributed by atoms with van der Waals surface area (Å²) in [5, 5.41) is 2.51. The summed E-state index contributed by atoms with van der Waals surface area (Å²) in [4.78, 5) is 22.6. The Morgan fingerprint density at radius 3 is 2.70 bits per heavy atom. The number of amides is 3. The van der Waals surface area contributed by atoms with Crippen molar-refractivity contribution in [2.24, 2.45) is 0 Å². The number of hydrogen-bond acceptors (Lipinski definition) is 2. The molecule has 1 N–H and O–H groups in total. The Bertz CT molecular complexity index is 172. The van der Waals surface area contributed by atoms with Crippen LogP contribution in [-0.2, 0) is 4.79 Å². The standard InChI is InChI=1S/C6H8N2O2/c1-2-8-5(9)3-4-7-6(8)10/h2H,1,3-4H2,(H,7,10). The summed E-state index contributed by atoms with van der Waals surface area (Å²) in [6.07, 6.45) is 1.58. The van der Waals surface area contributed by atoms with Gasteiger partial charge in [-0.05, 0) is 0 Å². The third-order valence-corrected chi connectivity index (χ3v) is 1.29. The summed E-state index contributed by atoms with van der Waals surface area (Å²) in [5.41, 5.74) is 0. The summed E-state index contributed by atoms with van der Waals surface area (Å²) in [6.45, 7) is 3.76. The van der Waals surface area contributed by atoms with E-state index in [-0.39, 0.29) is 11.9 Å². The van der Waals surface area contributed by atoms with Crippen LogP contribution in [0, 0.1) is 0 Å². The summed E-state index contributed by atoms with van der Waals surface area (Å²) >= 11 is 0. The molecular formula is C6H8N2O2. The molecule has 1 aliphatic heterocycles. The highest BCUT2D eigenvalue weighted by atomic mass is 16.2. The predicted octanol–water partition coefficient (Wildman–Crippen LogP) is 0.0718. The lowest BCUT2D eigenvalue weighted by Gasteiger charge is -2.21. The van der Waals surface area contributed by atoms with E-state index < -0.39 is 0 Å². The Morgan fingerprint density at radius 1 is 1.60 bits per heavy atom. The quantitative estimate of drug-likeness (QED) is 0.560. The number of hydrogen-bond donors (Lipinski definition) is 1. The lowest BCUT2D eigenvalue weighted by Crippen LogP contribution is -2.46. The fraction of sp³-hybridized carbons (Fsp3) is 0.333. The second kappa shape index (κ2) is 2.51. The molecular weight excluding hydrogens is 132 g/mol. The van der Waals surface area contributed by atoms with Crippen LogP contribution >= 0.6 is 0 Å². The molecule has 0 spiro atoms. The lowest BCUT2D eigenvalue weighted by atomic mass is 10.3. The van der Waals surface area contributed by atoms with Gasteiger partial charge >= 0.3 is 6.03 Å².